The van der Waals surface area contributed by atoms with E-state index >= 15 is 0 Å². The van der Waals surface area contributed by atoms with E-state index in [1.54, 1.807) is 0 Å². The Labute approximate surface area is 113 Å². The highest BCUT2D eigenvalue weighted by molar-refractivity contribution is 5.79. The summed E-state index contributed by atoms with van der Waals surface area (Å²) in [6.45, 7) is 0.697. The predicted octanol–water partition coefficient (Wildman–Crippen LogP) is 3.51. The Morgan fingerprint density at radius 2 is 1.74 bits per heavy atom. The number of hydrogen-bond acceptors (Lipinski definition) is 3. The maximum Gasteiger partial charge on any atom is 0.119 e. The largest absolute Gasteiger partial charge is 0.494 e. The lowest BCUT2D eigenvalue weighted by atomic mass is 10.1. The molecule has 0 fully saturated rings. The van der Waals surface area contributed by atoms with Gasteiger partial charge in [0.25, 0.3) is 0 Å². The first-order valence-corrected chi connectivity index (χ1v) is 6.33. The van der Waals surface area contributed by atoms with Gasteiger partial charge in [-0.3, -0.25) is 0 Å². The van der Waals surface area contributed by atoms with Crippen LogP contribution >= 0.6 is 0 Å². The molecule has 0 atom stereocenters. The summed E-state index contributed by atoms with van der Waals surface area (Å²) in [5, 5.41) is 11.4. The van der Waals surface area contributed by atoms with Crippen molar-refractivity contribution in [3.05, 3.63) is 65.7 Å². The molecule has 0 aromatic heterocycles. The maximum atomic E-state index is 8.41. The summed E-state index contributed by atoms with van der Waals surface area (Å²) in [5.74, 6) is 0.836. The van der Waals surface area contributed by atoms with Crippen LogP contribution in [-0.2, 0) is 6.42 Å². The van der Waals surface area contributed by atoms with E-state index in [4.69, 9.17) is 9.94 Å². The van der Waals surface area contributed by atoms with Crippen LogP contribution in [0.1, 0.15) is 17.5 Å². The van der Waals surface area contributed by atoms with Gasteiger partial charge < -0.3 is 9.94 Å². The fourth-order valence-corrected chi connectivity index (χ4v) is 1.83. The van der Waals surface area contributed by atoms with Crippen LogP contribution in [0.2, 0.25) is 0 Å². The van der Waals surface area contributed by atoms with Crippen molar-refractivity contribution in [2.45, 2.75) is 12.8 Å². The molecular weight excluding hydrogens is 238 g/mol. The fourth-order valence-electron chi connectivity index (χ4n) is 1.83. The second-order valence-corrected chi connectivity index (χ2v) is 4.25. The summed E-state index contributed by atoms with van der Waals surface area (Å²) in [4.78, 5) is 0. The van der Waals surface area contributed by atoms with E-state index in [9.17, 15) is 0 Å². The molecule has 3 nitrogen and oxygen atoms in total. The molecule has 0 aliphatic heterocycles. The molecule has 0 aliphatic rings. The Morgan fingerprint density at radius 1 is 1.00 bits per heavy atom. The first-order chi connectivity index (χ1) is 9.38. The maximum absolute atomic E-state index is 8.41. The molecule has 19 heavy (non-hydrogen) atoms. The number of nitrogens with zero attached hydrogens (tertiary/aromatic N) is 1. The summed E-state index contributed by atoms with van der Waals surface area (Å²) in [6.07, 6.45) is 3.40. The van der Waals surface area contributed by atoms with Gasteiger partial charge in [0.15, 0.2) is 0 Å². The van der Waals surface area contributed by atoms with E-state index in [0.717, 1.165) is 24.2 Å². The summed E-state index contributed by atoms with van der Waals surface area (Å²) in [5.41, 5.74) is 2.18. The van der Waals surface area contributed by atoms with Crippen LogP contribution in [0.5, 0.6) is 5.75 Å². The molecule has 0 saturated heterocycles. The van der Waals surface area contributed by atoms with E-state index in [1.807, 2.05) is 30.3 Å². The van der Waals surface area contributed by atoms with E-state index in [1.165, 1.54) is 11.8 Å². The number of ether oxygens (including phenoxy) is 1. The Hall–Kier alpha value is -2.29. The third-order valence-corrected chi connectivity index (χ3v) is 2.81. The van der Waals surface area contributed by atoms with Gasteiger partial charge in [-0.2, -0.15) is 0 Å². The molecule has 3 heteroatoms. The predicted molar refractivity (Wildman–Crippen MR) is 76.1 cm³/mol. The molecule has 2 aromatic rings. The van der Waals surface area contributed by atoms with E-state index < -0.39 is 0 Å². The highest BCUT2D eigenvalue weighted by atomic mass is 16.5. The Balaban J connectivity index is 1.73. The van der Waals surface area contributed by atoms with Gasteiger partial charge in [0.2, 0.25) is 0 Å². The third-order valence-electron chi connectivity index (χ3n) is 2.81. The highest BCUT2D eigenvalue weighted by Gasteiger charge is 1.95. The minimum absolute atomic E-state index is 0.697. The SMILES string of the molecule is ON=Cc1ccc(OCCCc2ccccc2)cc1. The zero-order valence-corrected chi connectivity index (χ0v) is 10.7. The van der Waals surface area contributed by atoms with Crippen molar-refractivity contribution in [1.82, 2.24) is 0 Å². The van der Waals surface area contributed by atoms with E-state index in [0.29, 0.717) is 6.61 Å². The Morgan fingerprint density at radius 3 is 2.42 bits per heavy atom. The molecule has 2 aromatic carbocycles. The zero-order chi connectivity index (χ0) is 13.3. The van der Waals surface area contributed by atoms with Crippen LogP contribution < -0.4 is 4.74 Å². The van der Waals surface area contributed by atoms with Gasteiger partial charge in [-0.15, -0.1) is 0 Å². The molecule has 0 amide bonds. The summed E-state index contributed by atoms with van der Waals surface area (Å²) >= 11 is 0. The van der Waals surface area contributed by atoms with Crippen molar-refractivity contribution < 1.29 is 9.94 Å². The number of oxime groups is 1. The Kier molecular flexibility index (Phi) is 4.99. The van der Waals surface area contributed by atoms with Crippen LogP contribution in [0.4, 0.5) is 0 Å². The van der Waals surface area contributed by atoms with Gasteiger partial charge in [0.1, 0.15) is 5.75 Å². The quantitative estimate of drug-likeness (QED) is 0.371. The zero-order valence-electron chi connectivity index (χ0n) is 10.7. The van der Waals surface area contributed by atoms with Crippen molar-refractivity contribution in [3.63, 3.8) is 0 Å². The van der Waals surface area contributed by atoms with Crippen LogP contribution in [0.25, 0.3) is 0 Å². The molecule has 2 rings (SSSR count). The number of rotatable bonds is 6. The smallest absolute Gasteiger partial charge is 0.119 e. The molecular formula is C16H17NO2. The van der Waals surface area contributed by atoms with Crippen molar-refractivity contribution in [2.75, 3.05) is 6.61 Å². The fraction of sp³-hybridized carbons (Fsp3) is 0.188. The Bertz CT molecular complexity index is 506. The van der Waals surface area contributed by atoms with E-state index in [-0.39, 0.29) is 0 Å². The van der Waals surface area contributed by atoms with Gasteiger partial charge in [0.05, 0.1) is 12.8 Å². The molecule has 98 valence electrons. The van der Waals surface area contributed by atoms with Gasteiger partial charge in [-0.25, -0.2) is 0 Å². The lowest BCUT2D eigenvalue weighted by Gasteiger charge is -2.06. The molecule has 0 unspecified atom stereocenters. The molecule has 0 spiro atoms. The van der Waals surface area contributed by atoms with Crippen molar-refractivity contribution >= 4 is 6.21 Å². The number of aryl methyl sites for hydroxylation is 1. The van der Waals surface area contributed by atoms with Gasteiger partial charge in [0, 0.05) is 0 Å². The first-order valence-electron chi connectivity index (χ1n) is 6.33. The van der Waals surface area contributed by atoms with Crippen molar-refractivity contribution in [2.24, 2.45) is 5.16 Å². The average molecular weight is 255 g/mol. The molecule has 0 bridgehead atoms. The minimum atomic E-state index is 0.697. The molecule has 0 aliphatic carbocycles. The monoisotopic (exact) mass is 255 g/mol. The molecule has 0 heterocycles. The number of benzene rings is 2. The number of hydrogen-bond donors (Lipinski definition) is 1. The van der Waals surface area contributed by atoms with Gasteiger partial charge in [-0.1, -0.05) is 35.5 Å². The van der Waals surface area contributed by atoms with Crippen LogP contribution in [0.15, 0.2) is 59.8 Å². The van der Waals surface area contributed by atoms with Crippen molar-refractivity contribution in [3.8, 4) is 5.75 Å². The minimum Gasteiger partial charge on any atom is -0.494 e. The normalized spacial score (nSPS) is 10.7. The second kappa shape index (κ2) is 7.21. The van der Waals surface area contributed by atoms with Gasteiger partial charge in [-0.05, 0) is 48.2 Å². The molecule has 1 N–H and O–H groups in total. The lowest BCUT2D eigenvalue weighted by Crippen LogP contribution is -1.99. The summed E-state index contributed by atoms with van der Waals surface area (Å²) in [7, 11) is 0. The van der Waals surface area contributed by atoms with Crippen LogP contribution in [-0.4, -0.2) is 18.0 Å². The topological polar surface area (TPSA) is 41.8 Å². The first kappa shape index (κ1) is 13.1. The average Bonchev–Trinajstić information content (AvgIpc) is 2.47. The van der Waals surface area contributed by atoms with Crippen molar-refractivity contribution in [1.29, 1.82) is 0 Å². The van der Waals surface area contributed by atoms with Gasteiger partial charge >= 0.3 is 0 Å². The second-order valence-electron chi connectivity index (χ2n) is 4.25. The standard InChI is InChI=1S/C16H17NO2/c18-17-13-15-8-10-16(11-9-15)19-12-4-7-14-5-2-1-3-6-14/h1-3,5-6,8-11,13,18H,4,7,12H2. The van der Waals surface area contributed by atoms with Crippen LogP contribution in [0, 0.1) is 0 Å². The van der Waals surface area contributed by atoms with E-state index in [2.05, 4.69) is 29.4 Å². The molecule has 0 radical (unpaired) electrons. The highest BCUT2D eigenvalue weighted by Crippen LogP contribution is 2.12. The lowest BCUT2D eigenvalue weighted by molar-refractivity contribution is 0.311. The molecule has 0 saturated carbocycles. The third kappa shape index (κ3) is 4.47. The summed E-state index contributed by atoms with van der Waals surface area (Å²) in [6, 6.07) is 17.8. The summed E-state index contributed by atoms with van der Waals surface area (Å²) < 4.78 is 5.65. The van der Waals surface area contributed by atoms with Crippen LogP contribution in [0.3, 0.4) is 0 Å².